The second-order valence-electron chi connectivity index (χ2n) is 22.0. The van der Waals surface area contributed by atoms with Crippen LogP contribution in [0.25, 0.3) is 0 Å². The summed E-state index contributed by atoms with van der Waals surface area (Å²) in [5.74, 6) is -0.152. The molecule has 0 rings (SSSR count). The molecule has 4 N–H and O–H groups in total. The monoisotopic (exact) mass is 972 g/mol. The van der Waals surface area contributed by atoms with Gasteiger partial charge in [-0.05, 0) is 51.4 Å². The number of carbonyl (C=O) groups excluding carboxylic acids is 1. The van der Waals surface area contributed by atoms with Crippen molar-refractivity contribution in [2.24, 2.45) is 0 Å². The van der Waals surface area contributed by atoms with Crippen LogP contribution >= 0.6 is 0 Å². The van der Waals surface area contributed by atoms with Gasteiger partial charge in [0, 0.05) is 6.42 Å². The van der Waals surface area contributed by atoms with Gasteiger partial charge in [0.25, 0.3) is 0 Å². The third kappa shape index (κ3) is 54.4. The van der Waals surface area contributed by atoms with Crippen molar-refractivity contribution in [2.45, 2.75) is 372 Å². The van der Waals surface area contributed by atoms with E-state index in [1.165, 1.54) is 283 Å². The van der Waals surface area contributed by atoms with E-state index in [1.807, 2.05) is 0 Å². The molecular weight excluding hydrogens is 847 g/mol. The Morgan fingerprint density at radius 1 is 0.348 bits per heavy atom. The lowest BCUT2D eigenvalue weighted by atomic mass is 10.0. The summed E-state index contributed by atoms with van der Waals surface area (Å²) in [6, 6.07) is -0.830. The number of hydrogen-bond acceptors (Lipinski definition) is 4. The standard InChI is InChI=1S/C64H125NO4/c1-3-5-7-9-11-13-15-17-19-21-22-23-24-25-26-27-28-29-30-31-32-33-34-35-36-37-38-39-40-41-42-43-45-47-49-51-53-55-57-59-63(68)65-61(60-66)64(69)62(67)58-56-54-52-50-48-46-44-20-18-16-14-12-10-8-6-4-2/h20,44,50,52,61-62,64,66-67,69H,3-19,21-43,45-49,51,53-60H2,1-2H3,(H,65,68)/b44-20+,52-50+. The summed E-state index contributed by atoms with van der Waals surface area (Å²) < 4.78 is 0. The van der Waals surface area contributed by atoms with E-state index in [1.54, 1.807) is 0 Å². The van der Waals surface area contributed by atoms with Gasteiger partial charge in [-0.25, -0.2) is 0 Å². The van der Waals surface area contributed by atoms with Crippen molar-refractivity contribution in [3.8, 4) is 0 Å². The lowest BCUT2D eigenvalue weighted by molar-refractivity contribution is -0.124. The van der Waals surface area contributed by atoms with E-state index in [-0.39, 0.29) is 12.5 Å². The number of allylic oxidation sites excluding steroid dienone is 4. The van der Waals surface area contributed by atoms with Crippen LogP contribution in [0.1, 0.15) is 354 Å². The number of rotatable bonds is 59. The summed E-state index contributed by atoms with van der Waals surface area (Å²) in [7, 11) is 0. The van der Waals surface area contributed by atoms with Crippen LogP contribution in [-0.4, -0.2) is 46.1 Å². The van der Waals surface area contributed by atoms with Crippen molar-refractivity contribution >= 4 is 5.91 Å². The molecule has 0 bridgehead atoms. The summed E-state index contributed by atoms with van der Waals surface area (Å²) in [5.41, 5.74) is 0. The highest BCUT2D eigenvalue weighted by molar-refractivity contribution is 5.76. The fourth-order valence-corrected chi connectivity index (χ4v) is 10.2. The van der Waals surface area contributed by atoms with E-state index >= 15 is 0 Å². The predicted molar refractivity (Wildman–Crippen MR) is 305 cm³/mol. The summed E-state index contributed by atoms with van der Waals surface area (Å²) in [6.45, 7) is 4.19. The van der Waals surface area contributed by atoms with Gasteiger partial charge >= 0.3 is 0 Å². The number of carbonyl (C=O) groups is 1. The second kappa shape index (κ2) is 59.4. The van der Waals surface area contributed by atoms with Crippen LogP contribution in [0, 0.1) is 0 Å². The molecule has 0 saturated heterocycles. The van der Waals surface area contributed by atoms with Crippen molar-refractivity contribution in [3.63, 3.8) is 0 Å². The number of aliphatic hydroxyl groups is 3. The fraction of sp³-hybridized carbons (Fsp3) is 0.922. The summed E-state index contributed by atoms with van der Waals surface area (Å²) in [6.07, 6.45) is 76.7. The second-order valence-corrected chi connectivity index (χ2v) is 22.0. The molecule has 0 aliphatic carbocycles. The molecule has 0 aliphatic rings. The first-order valence-electron chi connectivity index (χ1n) is 31.6. The van der Waals surface area contributed by atoms with Crippen molar-refractivity contribution < 1.29 is 20.1 Å². The molecule has 410 valence electrons. The van der Waals surface area contributed by atoms with E-state index < -0.39 is 18.2 Å². The number of nitrogens with one attached hydrogen (secondary N) is 1. The van der Waals surface area contributed by atoms with Gasteiger partial charge in [0.05, 0.1) is 18.8 Å². The van der Waals surface area contributed by atoms with Gasteiger partial charge in [-0.2, -0.15) is 0 Å². The molecule has 1 amide bonds. The predicted octanol–water partition coefficient (Wildman–Crippen LogP) is 20.0. The highest BCUT2D eigenvalue weighted by atomic mass is 16.3. The Balaban J connectivity index is 3.42. The number of unbranched alkanes of at least 4 members (excludes halogenated alkanes) is 47. The third-order valence-electron chi connectivity index (χ3n) is 15.0. The minimum Gasteiger partial charge on any atom is -0.394 e. The van der Waals surface area contributed by atoms with Crippen LogP contribution in [0.5, 0.6) is 0 Å². The van der Waals surface area contributed by atoms with E-state index in [0.29, 0.717) is 12.8 Å². The SMILES string of the molecule is CCCCCCCCC/C=C/CC/C=C/CCCC(O)C(O)C(CO)NC(=O)CCCCCCCCCCCCCCCCCCCCCCCCCCCCCCCCCCCCCCCCC. The van der Waals surface area contributed by atoms with Gasteiger partial charge < -0.3 is 20.6 Å². The Labute approximate surface area is 432 Å². The molecule has 0 aliphatic heterocycles. The molecule has 0 saturated carbocycles. The van der Waals surface area contributed by atoms with E-state index in [4.69, 9.17) is 0 Å². The molecule has 3 unspecified atom stereocenters. The van der Waals surface area contributed by atoms with Gasteiger partial charge in [0.15, 0.2) is 0 Å². The molecule has 0 aromatic rings. The van der Waals surface area contributed by atoms with Gasteiger partial charge in [-0.15, -0.1) is 0 Å². The maximum absolute atomic E-state index is 12.5. The van der Waals surface area contributed by atoms with Crippen LogP contribution in [-0.2, 0) is 4.79 Å². The molecule has 5 heteroatoms. The Bertz CT molecular complexity index is 1030. The van der Waals surface area contributed by atoms with Crippen molar-refractivity contribution in [2.75, 3.05) is 6.61 Å². The molecule has 0 aromatic carbocycles. The van der Waals surface area contributed by atoms with Crippen LogP contribution in [0.15, 0.2) is 24.3 Å². The van der Waals surface area contributed by atoms with E-state index in [2.05, 4.69) is 43.5 Å². The van der Waals surface area contributed by atoms with E-state index in [0.717, 1.165) is 44.9 Å². The van der Waals surface area contributed by atoms with Gasteiger partial charge in [0.1, 0.15) is 6.10 Å². The van der Waals surface area contributed by atoms with Gasteiger partial charge in [-0.3, -0.25) is 4.79 Å². The molecule has 3 atom stereocenters. The molecule has 0 spiro atoms. The Hall–Kier alpha value is -1.17. The van der Waals surface area contributed by atoms with Gasteiger partial charge in [0.2, 0.25) is 5.91 Å². The maximum Gasteiger partial charge on any atom is 0.220 e. The Morgan fingerprint density at radius 2 is 0.594 bits per heavy atom. The molecule has 69 heavy (non-hydrogen) atoms. The number of hydrogen-bond donors (Lipinski definition) is 4. The Kier molecular flexibility index (Phi) is 58.4. The highest BCUT2D eigenvalue weighted by Crippen LogP contribution is 2.19. The lowest BCUT2D eigenvalue weighted by Crippen LogP contribution is -2.50. The first-order valence-corrected chi connectivity index (χ1v) is 31.6. The summed E-state index contributed by atoms with van der Waals surface area (Å²) >= 11 is 0. The van der Waals surface area contributed by atoms with Crippen LogP contribution in [0.4, 0.5) is 0 Å². The summed E-state index contributed by atoms with van der Waals surface area (Å²) in [5, 5.41) is 33.7. The minimum absolute atomic E-state index is 0.152. The zero-order chi connectivity index (χ0) is 50.0. The molecule has 0 heterocycles. The molecule has 0 aromatic heterocycles. The highest BCUT2D eigenvalue weighted by Gasteiger charge is 2.26. The van der Waals surface area contributed by atoms with Crippen molar-refractivity contribution in [1.82, 2.24) is 5.32 Å². The fourth-order valence-electron chi connectivity index (χ4n) is 10.2. The average molecular weight is 973 g/mol. The zero-order valence-electron chi connectivity index (χ0n) is 47.0. The molecule has 0 radical (unpaired) electrons. The molecule has 0 fully saturated rings. The van der Waals surface area contributed by atoms with E-state index in [9.17, 15) is 20.1 Å². The van der Waals surface area contributed by atoms with Crippen molar-refractivity contribution in [3.05, 3.63) is 24.3 Å². The largest absolute Gasteiger partial charge is 0.394 e. The topological polar surface area (TPSA) is 89.8 Å². The van der Waals surface area contributed by atoms with Crippen LogP contribution < -0.4 is 5.32 Å². The normalized spacial score (nSPS) is 13.3. The number of amides is 1. The molecule has 5 nitrogen and oxygen atoms in total. The Morgan fingerprint density at radius 3 is 0.884 bits per heavy atom. The smallest absolute Gasteiger partial charge is 0.220 e. The first kappa shape index (κ1) is 67.8. The zero-order valence-corrected chi connectivity index (χ0v) is 47.0. The minimum atomic E-state index is -1.16. The number of aliphatic hydroxyl groups excluding tert-OH is 3. The maximum atomic E-state index is 12.5. The lowest BCUT2D eigenvalue weighted by Gasteiger charge is -2.26. The third-order valence-corrected chi connectivity index (χ3v) is 15.0. The van der Waals surface area contributed by atoms with Gasteiger partial charge in [-0.1, -0.05) is 321 Å². The summed E-state index contributed by atoms with van der Waals surface area (Å²) in [4.78, 5) is 12.5. The van der Waals surface area contributed by atoms with Crippen molar-refractivity contribution in [1.29, 1.82) is 0 Å². The first-order chi connectivity index (χ1) is 34.1. The molecular formula is C64H125NO4. The quantitative estimate of drug-likeness (QED) is 0.0361. The van der Waals surface area contributed by atoms with Crippen LogP contribution in [0.3, 0.4) is 0 Å². The average Bonchev–Trinajstić information content (AvgIpc) is 3.35. The van der Waals surface area contributed by atoms with Crippen LogP contribution in [0.2, 0.25) is 0 Å².